The number of piperidine rings is 1. The number of aromatic nitrogens is 1. The summed E-state index contributed by atoms with van der Waals surface area (Å²) < 4.78 is 29.9. The SMILES string of the molecule is Cc1c(C2CCN(S(=O)(=O)c3ccc([N+](=O)[O-])cc3)CC2)c2ccccc2n1CC(=O)N1CCCC1. The summed E-state index contributed by atoms with van der Waals surface area (Å²) in [5.41, 5.74) is 3.17. The van der Waals surface area contributed by atoms with Gasteiger partial charge in [0.1, 0.15) is 6.54 Å². The maximum atomic E-state index is 13.2. The quantitative estimate of drug-likeness (QED) is 0.367. The first-order valence-corrected chi connectivity index (χ1v) is 13.8. The smallest absolute Gasteiger partial charge is 0.269 e. The number of sulfonamides is 1. The van der Waals surface area contributed by atoms with Crippen molar-refractivity contribution in [2.45, 2.75) is 50.0 Å². The highest BCUT2D eigenvalue weighted by Gasteiger charge is 2.33. The molecule has 36 heavy (non-hydrogen) atoms. The topological polar surface area (TPSA) is 106 Å². The normalized spacial score (nSPS) is 17.6. The van der Waals surface area contributed by atoms with Gasteiger partial charge in [0, 0.05) is 54.9 Å². The summed E-state index contributed by atoms with van der Waals surface area (Å²) in [5.74, 6) is 0.327. The van der Waals surface area contributed by atoms with Gasteiger partial charge in [0.05, 0.1) is 9.82 Å². The zero-order valence-electron chi connectivity index (χ0n) is 20.3. The fourth-order valence-electron chi connectivity index (χ4n) is 5.65. The Balaban J connectivity index is 1.36. The van der Waals surface area contributed by atoms with Crippen LogP contribution in [0, 0.1) is 17.0 Å². The Morgan fingerprint density at radius 1 is 1.00 bits per heavy atom. The van der Waals surface area contributed by atoms with Crippen LogP contribution in [0.4, 0.5) is 5.69 Å². The molecule has 1 aromatic heterocycles. The number of carbonyl (C=O) groups is 1. The molecule has 0 N–H and O–H groups in total. The summed E-state index contributed by atoms with van der Waals surface area (Å²) >= 11 is 0. The van der Waals surface area contributed by atoms with E-state index in [-0.39, 0.29) is 22.4 Å². The summed E-state index contributed by atoms with van der Waals surface area (Å²) in [7, 11) is -3.73. The molecule has 0 unspecified atom stereocenters. The van der Waals surface area contributed by atoms with Crippen molar-refractivity contribution in [3.05, 3.63) is 69.9 Å². The number of carbonyl (C=O) groups excluding carboxylic acids is 1. The minimum atomic E-state index is -3.73. The standard InChI is InChI=1S/C26H30N4O5S/c1-19-26(23-6-2-3-7-24(23)29(19)18-25(31)27-14-4-5-15-27)20-12-16-28(17-13-20)36(34,35)22-10-8-21(9-11-22)30(32)33/h2-3,6-11,20H,4-5,12-18H2,1H3. The van der Waals surface area contributed by atoms with E-state index in [9.17, 15) is 23.3 Å². The highest BCUT2D eigenvalue weighted by Crippen LogP contribution is 2.38. The second-order valence-electron chi connectivity index (χ2n) is 9.62. The van der Waals surface area contributed by atoms with Crippen LogP contribution >= 0.6 is 0 Å². The molecule has 2 saturated heterocycles. The van der Waals surface area contributed by atoms with Crippen LogP contribution in [0.15, 0.2) is 53.4 Å². The summed E-state index contributed by atoms with van der Waals surface area (Å²) in [6, 6.07) is 13.2. The molecule has 9 nitrogen and oxygen atoms in total. The van der Waals surface area contributed by atoms with Gasteiger partial charge in [0.2, 0.25) is 15.9 Å². The maximum absolute atomic E-state index is 13.2. The molecule has 2 aromatic carbocycles. The number of nitrogens with zero attached hydrogens (tertiary/aromatic N) is 4. The molecule has 5 rings (SSSR count). The van der Waals surface area contributed by atoms with Crippen LogP contribution in [-0.2, 0) is 21.4 Å². The van der Waals surface area contributed by atoms with Crippen molar-refractivity contribution in [2.75, 3.05) is 26.2 Å². The van der Waals surface area contributed by atoms with Crippen molar-refractivity contribution in [1.82, 2.24) is 13.8 Å². The van der Waals surface area contributed by atoms with Crippen molar-refractivity contribution in [2.24, 2.45) is 0 Å². The molecule has 0 radical (unpaired) electrons. The predicted molar refractivity (Wildman–Crippen MR) is 136 cm³/mol. The van der Waals surface area contributed by atoms with Gasteiger partial charge in [-0.15, -0.1) is 0 Å². The highest BCUT2D eigenvalue weighted by atomic mass is 32.2. The lowest BCUT2D eigenvalue weighted by Crippen LogP contribution is -2.38. The average molecular weight is 511 g/mol. The van der Waals surface area contributed by atoms with Crippen molar-refractivity contribution in [3.63, 3.8) is 0 Å². The molecule has 10 heteroatoms. The predicted octanol–water partition coefficient (Wildman–Crippen LogP) is 4.05. The first-order chi connectivity index (χ1) is 17.3. The van der Waals surface area contributed by atoms with E-state index in [1.165, 1.54) is 34.1 Å². The zero-order chi connectivity index (χ0) is 25.4. The van der Waals surface area contributed by atoms with Gasteiger partial charge in [-0.05, 0) is 62.3 Å². The molecular formula is C26H30N4O5S. The number of nitro benzene ring substituents is 1. The number of benzene rings is 2. The van der Waals surface area contributed by atoms with Gasteiger partial charge in [0.15, 0.2) is 0 Å². The lowest BCUT2D eigenvalue weighted by molar-refractivity contribution is -0.384. The van der Waals surface area contributed by atoms with E-state index in [2.05, 4.69) is 23.6 Å². The van der Waals surface area contributed by atoms with Crippen LogP contribution in [0.5, 0.6) is 0 Å². The third kappa shape index (κ3) is 4.39. The van der Waals surface area contributed by atoms with Crippen LogP contribution in [-0.4, -0.2) is 59.2 Å². The Bertz CT molecular complexity index is 1400. The number of rotatable bonds is 6. The van der Waals surface area contributed by atoms with E-state index < -0.39 is 14.9 Å². The number of fused-ring (bicyclic) bond motifs is 1. The Labute approximate surface area is 210 Å². The Morgan fingerprint density at radius 2 is 1.64 bits per heavy atom. The van der Waals surface area contributed by atoms with Crippen molar-refractivity contribution in [3.8, 4) is 0 Å². The highest BCUT2D eigenvalue weighted by molar-refractivity contribution is 7.89. The summed E-state index contributed by atoms with van der Waals surface area (Å²) in [5, 5.41) is 12.0. The first kappa shape index (κ1) is 24.5. The molecular weight excluding hydrogens is 480 g/mol. The van der Waals surface area contributed by atoms with Crippen molar-refractivity contribution in [1.29, 1.82) is 0 Å². The lowest BCUT2D eigenvalue weighted by atomic mass is 9.88. The molecule has 2 aliphatic rings. The van der Waals surface area contributed by atoms with Crippen LogP contribution < -0.4 is 0 Å². The Morgan fingerprint density at radius 3 is 2.28 bits per heavy atom. The van der Waals surface area contributed by atoms with Gasteiger partial charge in [0.25, 0.3) is 5.69 Å². The van der Waals surface area contributed by atoms with Crippen molar-refractivity contribution >= 4 is 32.5 Å². The third-order valence-corrected chi connectivity index (χ3v) is 9.49. The van der Waals surface area contributed by atoms with Crippen LogP contribution in [0.25, 0.3) is 10.9 Å². The minimum absolute atomic E-state index is 0.0692. The number of likely N-dealkylation sites (tertiary alicyclic amines) is 1. The van der Waals surface area contributed by atoms with Crippen LogP contribution in [0.3, 0.4) is 0 Å². The Hall–Kier alpha value is -3.24. The van der Waals surface area contributed by atoms with E-state index in [4.69, 9.17) is 0 Å². The van der Waals surface area contributed by atoms with E-state index >= 15 is 0 Å². The Kier molecular flexibility index (Phi) is 6.57. The molecule has 2 fully saturated rings. The molecule has 2 aliphatic heterocycles. The number of nitro groups is 1. The van der Waals surface area contributed by atoms with Gasteiger partial charge < -0.3 is 9.47 Å². The average Bonchev–Trinajstić information content (AvgIpc) is 3.52. The molecule has 0 bridgehead atoms. The molecule has 1 amide bonds. The molecule has 3 aromatic rings. The monoisotopic (exact) mass is 510 g/mol. The largest absolute Gasteiger partial charge is 0.341 e. The summed E-state index contributed by atoms with van der Waals surface area (Å²) in [6.07, 6.45) is 3.45. The second kappa shape index (κ2) is 9.67. The van der Waals surface area contributed by atoms with Crippen molar-refractivity contribution < 1.29 is 18.1 Å². The lowest BCUT2D eigenvalue weighted by Gasteiger charge is -2.31. The molecule has 3 heterocycles. The second-order valence-corrected chi connectivity index (χ2v) is 11.6. The van der Waals surface area contributed by atoms with Gasteiger partial charge in [-0.25, -0.2) is 8.42 Å². The molecule has 190 valence electrons. The third-order valence-electron chi connectivity index (χ3n) is 7.58. The number of para-hydroxylation sites is 1. The molecule has 0 spiro atoms. The molecule has 0 aliphatic carbocycles. The van der Waals surface area contributed by atoms with Crippen LogP contribution in [0.2, 0.25) is 0 Å². The maximum Gasteiger partial charge on any atom is 0.269 e. The minimum Gasteiger partial charge on any atom is -0.341 e. The molecule has 0 saturated carbocycles. The van der Waals surface area contributed by atoms with E-state index in [1.807, 2.05) is 17.0 Å². The van der Waals surface area contributed by atoms with Gasteiger partial charge in [-0.1, -0.05) is 18.2 Å². The number of hydrogen-bond acceptors (Lipinski definition) is 5. The summed E-state index contributed by atoms with van der Waals surface area (Å²) in [6.45, 7) is 4.77. The zero-order valence-corrected chi connectivity index (χ0v) is 21.1. The molecule has 0 atom stereocenters. The van der Waals surface area contributed by atoms with Gasteiger partial charge in [-0.2, -0.15) is 4.31 Å². The van der Waals surface area contributed by atoms with E-state index in [0.29, 0.717) is 32.5 Å². The number of hydrogen-bond donors (Lipinski definition) is 0. The fourth-order valence-corrected chi connectivity index (χ4v) is 7.12. The van der Waals surface area contributed by atoms with E-state index in [1.54, 1.807) is 0 Å². The first-order valence-electron chi connectivity index (χ1n) is 12.4. The summed E-state index contributed by atoms with van der Waals surface area (Å²) in [4.78, 5) is 25.3. The fraction of sp³-hybridized carbons (Fsp3) is 0.423. The number of non-ortho nitro benzene ring substituents is 1. The van der Waals surface area contributed by atoms with Gasteiger partial charge in [-0.3, -0.25) is 14.9 Å². The van der Waals surface area contributed by atoms with E-state index in [0.717, 1.165) is 42.5 Å². The van der Waals surface area contributed by atoms with Crippen LogP contribution in [0.1, 0.15) is 42.9 Å². The van der Waals surface area contributed by atoms with Gasteiger partial charge >= 0.3 is 0 Å². The number of amides is 1.